The normalized spacial score (nSPS) is 36.5. The highest BCUT2D eigenvalue weighted by atomic mass is 15.2. The van der Waals surface area contributed by atoms with Crippen LogP contribution in [0.4, 0.5) is 0 Å². The molecule has 0 radical (unpaired) electrons. The molecule has 106 valence electrons. The molecule has 3 heteroatoms. The van der Waals surface area contributed by atoms with E-state index in [0.717, 1.165) is 11.8 Å². The maximum Gasteiger partial charge on any atom is 0.00510 e. The van der Waals surface area contributed by atoms with E-state index in [0.29, 0.717) is 6.04 Å². The third-order valence-electron chi connectivity index (χ3n) is 4.60. The molecular weight excluding hydrogens is 222 g/mol. The van der Waals surface area contributed by atoms with Gasteiger partial charge in [-0.3, -0.25) is 0 Å². The summed E-state index contributed by atoms with van der Waals surface area (Å²) >= 11 is 0. The largest absolute Gasteiger partial charge is 0.314 e. The number of hydrogen-bond acceptors (Lipinski definition) is 3. The van der Waals surface area contributed by atoms with Gasteiger partial charge >= 0.3 is 0 Å². The Hall–Kier alpha value is -0.120. The summed E-state index contributed by atoms with van der Waals surface area (Å²) in [4.78, 5) is 5.33. The molecule has 0 aromatic rings. The Morgan fingerprint density at radius 2 is 1.83 bits per heavy atom. The van der Waals surface area contributed by atoms with Gasteiger partial charge in [-0.15, -0.1) is 0 Å². The topological polar surface area (TPSA) is 18.5 Å². The van der Waals surface area contributed by atoms with Crippen LogP contribution in [-0.2, 0) is 0 Å². The molecule has 0 aliphatic carbocycles. The number of nitrogens with zero attached hydrogens (tertiary/aromatic N) is 2. The Morgan fingerprint density at radius 1 is 1.06 bits per heavy atom. The number of likely N-dealkylation sites (tertiary alicyclic amines) is 1. The first-order chi connectivity index (χ1) is 8.67. The molecule has 0 aromatic carbocycles. The highest BCUT2D eigenvalue weighted by Crippen LogP contribution is 2.18. The van der Waals surface area contributed by atoms with Crippen LogP contribution >= 0.6 is 0 Å². The lowest BCUT2D eigenvalue weighted by Crippen LogP contribution is -2.44. The lowest BCUT2D eigenvalue weighted by atomic mass is 10.0. The number of nitrogens with one attached hydrogen (secondary N) is 1. The molecule has 3 unspecified atom stereocenters. The predicted molar refractivity (Wildman–Crippen MR) is 77.9 cm³/mol. The maximum absolute atomic E-state index is 3.63. The Balaban J connectivity index is 1.79. The van der Waals surface area contributed by atoms with Crippen molar-refractivity contribution >= 4 is 0 Å². The molecular formula is C15H31N3. The van der Waals surface area contributed by atoms with Crippen LogP contribution in [0.1, 0.15) is 33.6 Å². The summed E-state index contributed by atoms with van der Waals surface area (Å²) in [5.74, 6) is 1.70. The summed E-state index contributed by atoms with van der Waals surface area (Å²) in [5, 5.41) is 3.63. The van der Waals surface area contributed by atoms with E-state index in [1.54, 1.807) is 0 Å². The van der Waals surface area contributed by atoms with Gasteiger partial charge in [0.25, 0.3) is 0 Å². The van der Waals surface area contributed by atoms with Gasteiger partial charge in [0.15, 0.2) is 0 Å². The van der Waals surface area contributed by atoms with E-state index < -0.39 is 0 Å². The van der Waals surface area contributed by atoms with Gasteiger partial charge in [-0.05, 0) is 57.8 Å². The van der Waals surface area contributed by atoms with Gasteiger partial charge in [-0.25, -0.2) is 0 Å². The second-order valence-electron chi connectivity index (χ2n) is 6.51. The van der Waals surface area contributed by atoms with Crippen molar-refractivity contribution in [2.24, 2.45) is 11.8 Å². The fourth-order valence-corrected chi connectivity index (χ4v) is 3.36. The van der Waals surface area contributed by atoms with Gasteiger partial charge in [-0.2, -0.15) is 0 Å². The molecule has 2 rings (SSSR count). The standard InChI is InChI=1S/C15H31N3/c1-4-17-8-6-15(11-17)12-18-7-5-14(3)16-9-13(2)10-18/h13-16H,4-12H2,1-3H3. The van der Waals surface area contributed by atoms with Crippen molar-refractivity contribution in [3.05, 3.63) is 0 Å². The van der Waals surface area contributed by atoms with Crippen molar-refractivity contribution in [1.29, 1.82) is 0 Å². The molecule has 0 spiro atoms. The Morgan fingerprint density at radius 3 is 2.56 bits per heavy atom. The van der Waals surface area contributed by atoms with E-state index in [1.807, 2.05) is 0 Å². The lowest BCUT2D eigenvalue weighted by molar-refractivity contribution is 0.175. The van der Waals surface area contributed by atoms with Gasteiger partial charge < -0.3 is 15.1 Å². The second kappa shape index (κ2) is 6.88. The van der Waals surface area contributed by atoms with Gasteiger partial charge in [0, 0.05) is 25.7 Å². The highest BCUT2D eigenvalue weighted by molar-refractivity contribution is 4.80. The van der Waals surface area contributed by atoms with Crippen LogP contribution in [0, 0.1) is 11.8 Å². The third-order valence-corrected chi connectivity index (χ3v) is 4.60. The van der Waals surface area contributed by atoms with Crippen molar-refractivity contribution in [1.82, 2.24) is 15.1 Å². The Bertz CT molecular complexity index is 244. The second-order valence-corrected chi connectivity index (χ2v) is 6.51. The SMILES string of the molecule is CCN1CCC(CN2CCC(C)NCC(C)C2)C1. The minimum absolute atomic E-state index is 0.686. The molecule has 1 N–H and O–H groups in total. The van der Waals surface area contributed by atoms with Crippen molar-refractivity contribution in [3.63, 3.8) is 0 Å². The van der Waals surface area contributed by atoms with E-state index in [9.17, 15) is 0 Å². The Kier molecular flexibility index (Phi) is 5.46. The molecule has 2 aliphatic rings. The van der Waals surface area contributed by atoms with Crippen LogP contribution in [0.15, 0.2) is 0 Å². The van der Waals surface area contributed by atoms with E-state index >= 15 is 0 Å². The molecule has 3 nitrogen and oxygen atoms in total. The van der Waals surface area contributed by atoms with Gasteiger partial charge in [-0.1, -0.05) is 13.8 Å². The monoisotopic (exact) mass is 253 g/mol. The third kappa shape index (κ3) is 4.22. The van der Waals surface area contributed by atoms with Crippen molar-refractivity contribution in [2.45, 2.75) is 39.7 Å². The summed E-state index contributed by atoms with van der Waals surface area (Å²) < 4.78 is 0. The summed E-state index contributed by atoms with van der Waals surface area (Å²) in [7, 11) is 0. The molecule has 2 aliphatic heterocycles. The fraction of sp³-hybridized carbons (Fsp3) is 1.00. The molecule has 2 heterocycles. The average molecular weight is 253 g/mol. The molecule has 2 saturated heterocycles. The molecule has 3 atom stereocenters. The molecule has 2 fully saturated rings. The quantitative estimate of drug-likeness (QED) is 0.825. The average Bonchev–Trinajstić information content (AvgIpc) is 2.79. The summed E-state index contributed by atoms with van der Waals surface area (Å²) in [6.45, 7) is 15.9. The number of rotatable bonds is 3. The first-order valence-electron chi connectivity index (χ1n) is 7.85. The minimum Gasteiger partial charge on any atom is -0.314 e. The van der Waals surface area contributed by atoms with Crippen LogP contribution < -0.4 is 5.32 Å². The summed E-state index contributed by atoms with van der Waals surface area (Å²) in [6, 6.07) is 0.686. The number of hydrogen-bond donors (Lipinski definition) is 1. The van der Waals surface area contributed by atoms with E-state index in [4.69, 9.17) is 0 Å². The highest BCUT2D eigenvalue weighted by Gasteiger charge is 2.24. The zero-order valence-electron chi connectivity index (χ0n) is 12.5. The van der Waals surface area contributed by atoms with Crippen molar-refractivity contribution < 1.29 is 0 Å². The molecule has 0 bridgehead atoms. The van der Waals surface area contributed by atoms with Crippen LogP contribution in [0.5, 0.6) is 0 Å². The molecule has 0 aromatic heterocycles. The molecule has 0 saturated carbocycles. The van der Waals surface area contributed by atoms with Gasteiger partial charge in [0.05, 0.1) is 0 Å². The van der Waals surface area contributed by atoms with Crippen LogP contribution in [0.2, 0.25) is 0 Å². The summed E-state index contributed by atoms with van der Waals surface area (Å²) in [6.07, 6.45) is 2.71. The minimum atomic E-state index is 0.686. The van der Waals surface area contributed by atoms with Gasteiger partial charge in [0.1, 0.15) is 0 Å². The zero-order valence-corrected chi connectivity index (χ0v) is 12.5. The zero-order chi connectivity index (χ0) is 13.0. The van der Waals surface area contributed by atoms with Crippen molar-refractivity contribution in [2.75, 3.05) is 45.8 Å². The van der Waals surface area contributed by atoms with E-state index in [1.165, 1.54) is 58.7 Å². The Labute approximate surface area is 113 Å². The smallest absolute Gasteiger partial charge is 0.00510 e. The predicted octanol–water partition coefficient (Wildman–Crippen LogP) is 1.65. The van der Waals surface area contributed by atoms with Crippen LogP contribution in [-0.4, -0.2) is 61.7 Å². The van der Waals surface area contributed by atoms with E-state index in [-0.39, 0.29) is 0 Å². The maximum atomic E-state index is 3.63. The van der Waals surface area contributed by atoms with Gasteiger partial charge in [0.2, 0.25) is 0 Å². The fourth-order valence-electron chi connectivity index (χ4n) is 3.36. The lowest BCUT2D eigenvalue weighted by Gasteiger charge is -2.32. The first kappa shape index (κ1) is 14.3. The van der Waals surface area contributed by atoms with E-state index in [2.05, 4.69) is 35.9 Å². The summed E-state index contributed by atoms with van der Waals surface area (Å²) in [5.41, 5.74) is 0. The molecule has 18 heavy (non-hydrogen) atoms. The first-order valence-corrected chi connectivity index (χ1v) is 7.85. The van der Waals surface area contributed by atoms with Crippen LogP contribution in [0.25, 0.3) is 0 Å². The molecule has 0 amide bonds. The van der Waals surface area contributed by atoms with Crippen molar-refractivity contribution in [3.8, 4) is 0 Å². The van der Waals surface area contributed by atoms with Crippen LogP contribution in [0.3, 0.4) is 0 Å².